The van der Waals surface area contributed by atoms with Crippen molar-refractivity contribution < 1.29 is 18.7 Å². The fraction of sp³-hybridized carbons (Fsp3) is 0.278. The van der Waals surface area contributed by atoms with Crippen LogP contribution in [0.5, 0.6) is 11.5 Å². The second-order valence-electron chi connectivity index (χ2n) is 5.96. The first-order chi connectivity index (χ1) is 12.8. The number of nitrogens with one attached hydrogen (secondary N) is 1. The topological polar surface area (TPSA) is 105 Å². The average Bonchev–Trinajstić information content (AvgIpc) is 3.00. The van der Waals surface area contributed by atoms with E-state index in [1.54, 1.807) is 19.1 Å². The summed E-state index contributed by atoms with van der Waals surface area (Å²) in [6.07, 6.45) is 0. The third kappa shape index (κ3) is 2.86. The van der Waals surface area contributed by atoms with Gasteiger partial charge in [0.1, 0.15) is 5.82 Å². The van der Waals surface area contributed by atoms with Crippen LogP contribution in [0.25, 0.3) is 11.0 Å². The first-order valence-electron chi connectivity index (χ1n) is 8.02. The fourth-order valence-corrected chi connectivity index (χ4v) is 2.84. The van der Waals surface area contributed by atoms with Crippen LogP contribution in [0.15, 0.2) is 32.2 Å². The maximum absolute atomic E-state index is 12.7. The summed E-state index contributed by atoms with van der Waals surface area (Å²) in [4.78, 5) is 36.6. The third-order valence-electron chi connectivity index (χ3n) is 4.42. The Morgan fingerprint density at radius 2 is 1.81 bits per heavy atom. The summed E-state index contributed by atoms with van der Waals surface area (Å²) in [6, 6.07) is 4.65. The number of hydrogen-bond acceptors (Lipinski definition) is 6. The molecule has 0 saturated carbocycles. The van der Waals surface area contributed by atoms with E-state index in [9.17, 15) is 14.4 Å². The van der Waals surface area contributed by atoms with Crippen molar-refractivity contribution in [1.82, 2.24) is 9.13 Å². The van der Waals surface area contributed by atoms with Crippen LogP contribution < -0.4 is 26.0 Å². The minimum atomic E-state index is -0.590. The van der Waals surface area contributed by atoms with Gasteiger partial charge in [0, 0.05) is 31.1 Å². The van der Waals surface area contributed by atoms with E-state index in [4.69, 9.17) is 13.9 Å². The molecule has 1 aromatic carbocycles. The Morgan fingerprint density at radius 3 is 2.44 bits per heavy atom. The van der Waals surface area contributed by atoms with E-state index in [1.807, 2.05) is 0 Å². The Morgan fingerprint density at radius 1 is 1.11 bits per heavy atom. The molecule has 0 aliphatic carbocycles. The Balaban J connectivity index is 2.09. The smallest absolute Gasteiger partial charge is 0.332 e. The molecular weight excluding hydrogens is 354 g/mol. The van der Waals surface area contributed by atoms with Crippen molar-refractivity contribution in [2.75, 3.05) is 19.5 Å². The van der Waals surface area contributed by atoms with Crippen molar-refractivity contribution >= 4 is 22.7 Å². The molecule has 0 unspecified atom stereocenters. The van der Waals surface area contributed by atoms with Crippen molar-refractivity contribution in [1.29, 1.82) is 0 Å². The molecule has 0 radical (unpaired) electrons. The maximum Gasteiger partial charge on any atom is 0.332 e. The number of amides is 1. The molecule has 27 heavy (non-hydrogen) atoms. The van der Waals surface area contributed by atoms with E-state index in [1.165, 1.54) is 38.9 Å². The lowest BCUT2D eigenvalue weighted by atomic mass is 10.1. The highest BCUT2D eigenvalue weighted by molar-refractivity contribution is 6.07. The van der Waals surface area contributed by atoms with Crippen molar-refractivity contribution in [3.63, 3.8) is 0 Å². The number of benzene rings is 1. The standard InChI is InChI=1S/C18H19N3O6/c1-9-10-6-7-11(25-4)16(26-5)15(10)27-14(9)17(23)19-12-8-13(22)21(3)18(24)20(12)2/h6-8H,1-5H3,(H,19,23). The van der Waals surface area contributed by atoms with Crippen molar-refractivity contribution in [3.05, 3.63) is 50.4 Å². The number of furan rings is 1. The largest absolute Gasteiger partial charge is 0.493 e. The number of carbonyl (C=O) groups is 1. The molecule has 3 rings (SSSR count). The zero-order valence-electron chi connectivity index (χ0n) is 15.6. The minimum Gasteiger partial charge on any atom is -0.493 e. The highest BCUT2D eigenvalue weighted by Crippen LogP contribution is 2.39. The van der Waals surface area contributed by atoms with Crippen LogP contribution in [-0.2, 0) is 14.1 Å². The molecule has 0 aliphatic heterocycles. The zero-order chi connectivity index (χ0) is 19.9. The summed E-state index contributed by atoms with van der Waals surface area (Å²) in [7, 11) is 5.80. The van der Waals surface area contributed by atoms with Crippen LogP contribution in [0.2, 0.25) is 0 Å². The highest BCUT2D eigenvalue weighted by atomic mass is 16.5. The number of anilines is 1. The van der Waals surface area contributed by atoms with Gasteiger partial charge in [0.2, 0.25) is 5.75 Å². The van der Waals surface area contributed by atoms with Gasteiger partial charge in [0.05, 0.1) is 14.2 Å². The molecule has 0 bridgehead atoms. The van der Waals surface area contributed by atoms with E-state index in [0.717, 1.165) is 4.57 Å². The SMILES string of the molecule is COc1ccc2c(C)c(C(=O)Nc3cc(=O)n(C)c(=O)n3C)oc2c1OC. The Labute approximate surface area is 153 Å². The number of ether oxygens (including phenoxy) is 2. The average molecular weight is 373 g/mol. The van der Waals surface area contributed by atoms with Crippen LogP contribution in [-0.4, -0.2) is 29.3 Å². The van der Waals surface area contributed by atoms with Crippen molar-refractivity contribution in [2.45, 2.75) is 6.92 Å². The van der Waals surface area contributed by atoms with Gasteiger partial charge >= 0.3 is 5.69 Å². The second kappa shape index (κ2) is 6.67. The van der Waals surface area contributed by atoms with Gasteiger partial charge in [-0.2, -0.15) is 0 Å². The molecule has 9 heteroatoms. The van der Waals surface area contributed by atoms with E-state index in [2.05, 4.69) is 5.32 Å². The third-order valence-corrected chi connectivity index (χ3v) is 4.42. The van der Waals surface area contributed by atoms with Gasteiger partial charge in [-0.1, -0.05) is 0 Å². The summed E-state index contributed by atoms with van der Waals surface area (Å²) in [5, 5.41) is 3.24. The monoisotopic (exact) mass is 373 g/mol. The van der Waals surface area contributed by atoms with Gasteiger partial charge in [0.25, 0.3) is 11.5 Å². The summed E-state index contributed by atoms with van der Waals surface area (Å²) in [6.45, 7) is 1.73. The van der Waals surface area contributed by atoms with Crippen molar-refractivity contribution in [3.8, 4) is 11.5 Å². The van der Waals surface area contributed by atoms with Crippen LogP contribution in [0.4, 0.5) is 5.82 Å². The number of fused-ring (bicyclic) bond motifs is 1. The number of carbonyl (C=O) groups excluding carboxylic acids is 1. The molecule has 0 spiro atoms. The lowest BCUT2D eigenvalue weighted by molar-refractivity contribution is 0.0996. The zero-order valence-corrected chi connectivity index (χ0v) is 15.6. The Hall–Kier alpha value is -3.49. The molecule has 0 saturated heterocycles. The molecule has 3 aromatic rings. The predicted molar refractivity (Wildman–Crippen MR) is 98.9 cm³/mol. The van der Waals surface area contributed by atoms with Gasteiger partial charge in [-0.05, 0) is 19.1 Å². The van der Waals surface area contributed by atoms with Gasteiger partial charge in [-0.15, -0.1) is 0 Å². The maximum atomic E-state index is 12.7. The lowest BCUT2D eigenvalue weighted by Crippen LogP contribution is -2.38. The van der Waals surface area contributed by atoms with E-state index < -0.39 is 17.2 Å². The fourth-order valence-electron chi connectivity index (χ4n) is 2.84. The molecule has 2 heterocycles. The molecule has 0 fully saturated rings. The molecule has 2 aromatic heterocycles. The van der Waals surface area contributed by atoms with Crippen LogP contribution in [0.1, 0.15) is 16.1 Å². The number of hydrogen-bond donors (Lipinski definition) is 1. The molecule has 0 atom stereocenters. The normalized spacial score (nSPS) is 10.9. The molecule has 0 aliphatic rings. The number of rotatable bonds is 4. The van der Waals surface area contributed by atoms with Gasteiger partial charge in [0.15, 0.2) is 17.1 Å². The quantitative estimate of drug-likeness (QED) is 0.741. The predicted octanol–water partition coefficient (Wildman–Crippen LogP) is 1.41. The molecule has 9 nitrogen and oxygen atoms in total. The van der Waals surface area contributed by atoms with Crippen LogP contribution >= 0.6 is 0 Å². The highest BCUT2D eigenvalue weighted by Gasteiger charge is 2.23. The first kappa shape index (κ1) is 18.3. The number of nitrogens with zero attached hydrogens (tertiary/aromatic N) is 2. The summed E-state index contributed by atoms with van der Waals surface area (Å²) >= 11 is 0. The molecule has 142 valence electrons. The van der Waals surface area contributed by atoms with Crippen LogP contribution in [0, 0.1) is 6.92 Å². The minimum absolute atomic E-state index is 0.0460. The molecule has 1 amide bonds. The van der Waals surface area contributed by atoms with Crippen molar-refractivity contribution in [2.24, 2.45) is 14.1 Å². The molecule has 1 N–H and O–H groups in total. The van der Waals surface area contributed by atoms with E-state index in [0.29, 0.717) is 28.0 Å². The number of aryl methyl sites for hydroxylation is 1. The Bertz CT molecular complexity index is 1170. The van der Waals surface area contributed by atoms with Gasteiger partial charge < -0.3 is 19.2 Å². The lowest BCUT2D eigenvalue weighted by Gasteiger charge is -2.10. The van der Waals surface area contributed by atoms with E-state index >= 15 is 0 Å². The molecular formula is C18H19N3O6. The summed E-state index contributed by atoms with van der Waals surface area (Å²) in [5.41, 5.74) is -0.110. The summed E-state index contributed by atoms with van der Waals surface area (Å²) < 4.78 is 18.4. The summed E-state index contributed by atoms with van der Waals surface area (Å²) in [5.74, 6) is 0.368. The number of aromatic nitrogens is 2. The Kier molecular flexibility index (Phi) is 4.52. The van der Waals surface area contributed by atoms with Gasteiger partial charge in [-0.25, -0.2) is 4.79 Å². The van der Waals surface area contributed by atoms with E-state index in [-0.39, 0.29) is 11.6 Å². The first-order valence-corrected chi connectivity index (χ1v) is 8.02. The van der Waals surface area contributed by atoms with Gasteiger partial charge in [-0.3, -0.25) is 18.7 Å². The van der Waals surface area contributed by atoms with Crippen LogP contribution in [0.3, 0.4) is 0 Å². The second-order valence-corrected chi connectivity index (χ2v) is 5.96. The number of methoxy groups -OCH3 is 2.